The molecule has 1 amide bonds. The summed E-state index contributed by atoms with van der Waals surface area (Å²) in [5, 5.41) is 12.4. The van der Waals surface area contributed by atoms with Gasteiger partial charge in [0.15, 0.2) is 11.5 Å². The number of amides is 1. The maximum Gasteiger partial charge on any atom is 0.413 e. The van der Waals surface area contributed by atoms with E-state index in [9.17, 15) is 14.7 Å². The van der Waals surface area contributed by atoms with Crippen LogP contribution < -0.4 is 5.32 Å². The van der Waals surface area contributed by atoms with Crippen molar-refractivity contribution in [2.75, 3.05) is 5.32 Å². The minimum Gasteiger partial charge on any atom is -0.476 e. The SMILES string of the molecule is CC(C)(C)OC(=O)Nc1nc(-c2ccccc2)n(Cc2ccccc2)c1C(=O)O. The lowest BCUT2D eigenvalue weighted by Gasteiger charge is -2.19. The van der Waals surface area contributed by atoms with Crippen LogP contribution in [0, 0.1) is 0 Å². The molecule has 0 bridgehead atoms. The molecular formula is C22H23N3O4. The minimum atomic E-state index is -1.19. The molecule has 7 nitrogen and oxygen atoms in total. The number of aromatic nitrogens is 2. The van der Waals surface area contributed by atoms with Crippen LogP contribution in [0.25, 0.3) is 11.4 Å². The number of benzene rings is 2. The number of aromatic carboxylic acids is 1. The van der Waals surface area contributed by atoms with Crippen LogP contribution in [0.4, 0.5) is 10.6 Å². The van der Waals surface area contributed by atoms with E-state index in [0.717, 1.165) is 11.1 Å². The number of hydrogen-bond acceptors (Lipinski definition) is 4. The molecule has 0 atom stereocenters. The summed E-state index contributed by atoms with van der Waals surface area (Å²) in [7, 11) is 0. The summed E-state index contributed by atoms with van der Waals surface area (Å²) in [6, 6.07) is 18.7. The van der Waals surface area contributed by atoms with Crippen molar-refractivity contribution in [3.8, 4) is 11.4 Å². The molecule has 7 heteroatoms. The highest BCUT2D eigenvalue weighted by Gasteiger charge is 2.26. The molecule has 0 aliphatic heterocycles. The van der Waals surface area contributed by atoms with Gasteiger partial charge in [0.25, 0.3) is 0 Å². The highest BCUT2D eigenvalue weighted by atomic mass is 16.6. The molecule has 2 aromatic carbocycles. The van der Waals surface area contributed by atoms with E-state index < -0.39 is 17.7 Å². The van der Waals surface area contributed by atoms with Crippen molar-refractivity contribution in [1.29, 1.82) is 0 Å². The summed E-state index contributed by atoms with van der Waals surface area (Å²) in [6.45, 7) is 5.48. The van der Waals surface area contributed by atoms with Crippen molar-refractivity contribution in [2.45, 2.75) is 32.9 Å². The van der Waals surface area contributed by atoms with Gasteiger partial charge >= 0.3 is 12.1 Å². The van der Waals surface area contributed by atoms with Gasteiger partial charge < -0.3 is 14.4 Å². The summed E-state index contributed by atoms with van der Waals surface area (Å²) < 4.78 is 6.84. The molecule has 0 radical (unpaired) electrons. The highest BCUT2D eigenvalue weighted by molar-refractivity contribution is 5.97. The van der Waals surface area contributed by atoms with Crippen LogP contribution in [0.5, 0.6) is 0 Å². The number of hydrogen-bond donors (Lipinski definition) is 2. The fraction of sp³-hybridized carbons (Fsp3) is 0.227. The number of carbonyl (C=O) groups is 2. The third kappa shape index (κ3) is 5.01. The Balaban J connectivity index is 2.09. The second kappa shape index (κ2) is 8.18. The number of nitrogens with one attached hydrogen (secondary N) is 1. The number of carbonyl (C=O) groups excluding carboxylic acids is 1. The number of imidazole rings is 1. The fourth-order valence-electron chi connectivity index (χ4n) is 2.88. The molecule has 3 rings (SSSR count). The maximum absolute atomic E-state index is 12.2. The van der Waals surface area contributed by atoms with E-state index in [2.05, 4.69) is 10.3 Å². The lowest BCUT2D eigenvalue weighted by Crippen LogP contribution is -2.28. The van der Waals surface area contributed by atoms with E-state index in [1.165, 1.54) is 0 Å². The number of nitrogens with zero attached hydrogens (tertiary/aromatic N) is 2. The van der Waals surface area contributed by atoms with Gasteiger partial charge in [-0.05, 0) is 26.3 Å². The number of anilines is 1. The van der Waals surface area contributed by atoms with E-state index in [1.54, 1.807) is 25.3 Å². The highest BCUT2D eigenvalue weighted by Crippen LogP contribution is 2.27. The van der Waals surface area contributed by atoms with Gasteiger partial charge in [0.2, 0.25) is 0 Å². The Hall–Kier alpha value is -3.61. The maximum atomic E-state index is 12.2. The summed E-state index contributed by atoms with van der Waals surface area (Å²) in [4.78, 5) is 28.8. The topological polar surface area (TPSA) is 93.5 Å². The summed E-state index contributed by atoms with van der Waals surface area (Å²) >= 11 is 0. The van der Waals surface area contributed by atoms with E-state index in [4.69, 9.17) is 4.74 Å². The van der Waals surface area contributed by atoms with E-state index >= 15 is 0 Å². The molecule has 150 valence electrons. The van der Waals surface area contributed by atoms with E-state index in [0.29, 0.717) is 5.82 Å². The first-order valence-corrected chi connectivity index (χ1v) is 9.18. The van der Waals surface area contributed by atoms with Crippen LogP contribution in [-0.2, 0) is 11.3 Å². The van der Waals surface area contributed by atoms with Crippen molar-refractivity contribution in [1.82, 2.24) is 9.55 Å². The van der Waals surface area contributed by atoms with Crippen LogP contribution in [0.3, 0.4) is 0 Å². The Morgan fingerprint density at radius 3 is 2.17 bits per heavy atom. The first kappa shape index (κ1) is 20.1. The Labute approximate surface area is 169 Å². The van der Waals surface area contributed by atoms with Gasteiger partial charge in [-0.3, -0.25) is 5.32 Å². The Kier molecular flexibility index (Phi) is 5.68. The zero-order valence-corrected chi connectivity index (χ0v) is 16.5. The van der Waals surface area contributed by atoms with Gasteiger partial charge in [-0.25, -0.2) is 14.6 Å². The van der Waals surface area contributed by atoms with Gasteiger partial charge in [-0.2, -0.15) is 0 Å². The van der Waals surface area contributed by atoms with Crippen molar-refractivity contribution < 1.29 is 19.4 Å². The van der Waals surface area contributed by atoms with Gasteiger partial charge in [0.05, 0.1) is 0 Å². The quantitative estimate of drug-likeness (QED) is 0.658. The van der Waals surface area contributed by atoms with Crippen LogP contribution in [-0.4, -0.2) is 32.3 Å². The molecule has 0 saturated carbocycles. The Morgan fingerprint density at radius 2 is 1.62 bits per heavy atom. The Morgan fingerprint density at radius 1 is 1.03 bits per heavy atom. The second-order valence-corrected chi connectivity index (χ2v) is 7.50. The number of rotatable bonds is 5. The molecule has 2 N–H and O–H groups in total. The molecule has 0 saturated heterocycles. The molecule has 0 unspecified atom stereocenters. The Bertz CT molecular complexity index is 1010. The molecule has 3 aromatic rings. The van der Waals surface area contributed by atoms with Crippen LogP contribution in [0.15, 0.2) is 60.7 Å². The van der Waals surface area contributed by atoms with E-state index in [-0.39, 0.29) is 18.1 Å². The molecule has 0 fully saturated rings. The third-order valence-corrected chi connectivity index (χ3v) is 4.01. The van der Waals surface area contributed by atoms with Crippen LogP contribution in [0.2, 0.25) is 0 Å². The van der Waals surface area contributed by atoms with Crippen LogP contribution >= 0.6 is 0 Å². The summed E-state index contributed by atoms with van der Waals surface area (Å²) in [5.74, 6) is -0.805. The van der Waals surface area contributed by atoms with Crippen molar-refractivity contribution in [3.05, 3.63) is 71.9 Å². The van der Waals surface area contributed by atoms with Gasteiger partial charge in [0, 0.05) is 12.1 Å². The minimum absolute atomic E-state index is 0.0541. The molecule has 1 aromatic heterocycles. The molecular weight excluding hydrogens is 370 g/mol. The molecule has 0 spiro atoms. The smallest absolute Gasteiger partial charge is 0.413 e. The predicted octanol–water partition coefficient (Wildman–Crippen LogP) is 4.64. The molecule has 1 heterocycles. The average molecular weight is 393 g/mol. The van der Waals surface area contributed by atoms with Crippen molar-refractivity contribution in [3.63, 3.8) is 0 Å². The first-order chi connectivity index (χ1) is 13.7. The van der Waals surface area contributed by atoms with Gasteiger partial charge in [-0.15, -0.1) is 0 Å². The molecule has 29 heavy (non-hydrogen) atoms. The van der Waals surface area contributed by atoms with Gasteiger partial charge in [-0.1, -0.05) is 60.7 Å². The summed E-state index contributed by atoms with van der Waals surface area (Å²) in [5.41, 5.74) is 0.817. The van der Waals surface area contributed by atoms with E-state index in [1.807, 2.05) is 60.7 Å². The number of carboxylic acid groups (broad SMARTS) is 1. The average Bonchev–Trinajstić information content (AvgIpc) is 2.99. The largest absolute Gasteiger partial charge is 0.476 e. The predicted molar refractivity (Wildman–Crippen MR) is 110 cm³/mol. The molecule has 0 aliphatic carbocycles. The van der Waals surface area contributed by atoms with Crippen molar-refractivity contribution in [2.24, 2.45) is 0 Å². The monoisotopic (exact) mass is 393 g/mol. The lowest BCUT2D eigenvalue weighted by atomic mass is 10.2. The second-order valence-electron chi connectivity index (χ2n) is 7.50. The zero-order valence-electron chi connectivity index (χ0n) is 16.5. The summed E-state index contributed by atoms with van der Waals surface area (Å²) in [6.07, 6.45) is -0.760. The van der Waals surface area contributed by atoms with Crippen LogP contribution in [0.1, 0.15) is 36.8 Å². The third-order valence-electron chi connectivity index (χ3n) is 4.01. The molecule has 0 aliphatic rings. The normalized spacial score (nSPS) is 11.1. The standard InChI is InChI=1S/C22H23N3O4/c1-22(2,3)29-21(28)24-18-17(20(26)27)25(14-15-10-6-4-7-11-15)19(23-18)16-12-8-5-9-13-16/h4-13H,14H2,1-3H3,(H,24,28)(H,26,27). The lowest BCUT2D eigenvalue weighted by molar-refractivity contribution is 0.0635. The zero-order chi connectivity index (χ0) is 21.0. The van der Waals surface area contributed by atoms with Gasteiger partial charge in [0.1, 0.15) is 11.4 Å². The van der Waals surface area contributed by atoms with Crippen molar-refractivity contribution >= 4 is 17.9 Å². The number of ether oxygens (including phenoxy) is 1. The first-order valence-electron chi connectivity index (χ1n) is 9.18. The fourth-order valence-corrected chi connectivity index (χ4v) is 2.88. The number of carboxylic acids is 1.